The quantitative estimate of drug-likeness (QED) is 0.373. The molecule has 7 heteroatoms. The molecule has 0 unspecified atom stereocenters. The van der Waals surface area contributed by atoms with E-state index in [1.807, 2.05) is 51.3 Å². The number of aryl methyl sites for hydroxylation is 1. The third-order valence-electron chi connectivity index (χ3n) is 6.90. The van der Waals surface area contributed by atoms with Gasteiger partial charge in [0, 0.05) is 30.2 Å². The van der Waals surface area contributed by atoms with Gasteiger partial charge in [-0.15, -0.1) is 11.3 Å². The molecule has 6 nitrogen and oxygen atoms in total. The molecule has 204 valence electrons. The predicted octanol–water partition coefficient (Wildman–Crippen LogP) is 6.73. The Morgan fingerprint density at radius 1 is 1.19 bits per heavy atom. The third kappa shape index (κ3) is 6.26. The summed E-state index contributed by atoms with van der Waals surface area (Å²) in [5, 5.41) is 2.73. The number of nitrogens with zero attached hydrogens (tertiary/aromatic N) is 2. The Balaban J connectivity index is 2.23. The molecule has 1 aromatic heterocycles. The zero-order valence-electron chi connectivity index (χ0n) is 24.2. The summed E-state index contributed by atoms with van der Waals surface area (Å²) in [5.41, 5.74) is 0.973. The molecule has 0 radical (unpaired) electrons. The number of ether oxygens (including phenoxy) is 2. The highest BCUT2D eigenvalue weighted by atomic mass is 32.1. The van der Waals surface area contributed by atoms with Crippen LogP contribution in [0, 0.1) is 18.8 Å². The van der Waals surface area contributed by atoms with Crippen LogP contribution in [0.3, 0.4) is 0 Å². The van der Waals surface area contributed by atoms with Gasteiger partial charge in [0.15, 0.2) is 0 Å². The number of benzene rings is 1. The van der Waals surface area contributed by atoms with Gasteiger partial charge in [0.1, 0.15) is 16.1 Å². The fourth-order valence-corrected chi connectivity index (χ4v) is 6.59. The second kappa shape index (κ2) is 10.9. The molecule has 1 aliphatic rings. The molecule has 0 bridgehead atoms. The van der Waals surface area contributed by atoms with E-state index < -0.39 is 11.1 Å². The molecule has 1 saturated heterocycles. The SMILES string of the molecule is COC[C@H]1C[C@@](CC(C)C)(C(=O)OC(C)(C)C)N(C(=O)c2ccc(C(C)(C)C)c(C)c2)[C@H]1c1nccs1. The van der Waals surface area contributed by atoms with Crippen molar-refractivity contribution in [3.05, 3.63) is 51.5 Å². The fourth-order valence-electron chi connectivity index (χ4n) is 5.77. The molecule has 0 N–H and O–H groups in total. The molecule has 3 atom stereocenters. The maximum absolute atomic E-state index is 14.5. The number of likely N-dealkylation sites (tertiary alicyclic amines) is 1. The van der Waals surface area contributed by atoms with Crippen LogP contribution in [0.4, 0.5) is 0 Å². The highest BCUT2D eigenvalue weighted by Gasteiger charge is 2.60. The Hall–Kier alpha value is -2.25. The highest BCUT2D eigenvalue weighted by molar-refractivity contribution is 7.09. The van der Waals surface area contributed by atoms with Crippen molar-refractivity contribution < 1.29 is 19.1 Å². The lowest BCUT2D eigenvalue weighted by molar-refractivity contribution is -0.168. The van der Waals surface area contributed by atoms with Crippen LogP contribution in [0.5, 0.6) is 0 Å². The number of thiazole rings is 1. The summed E-state index contributed by atoms with van der Waals surface area (Å²) >= 11 is 1.51. The van der Waals surface area contributed by atoms with Gasteiger partial charge >= 0.3 is 5.97 Å². The van der Waals surface area contributed by atoms with E-state index in [2.05, 4.69) is 39.6 Å². The molecule has 2 heterocycles. The second-order valence-electron chi connectivity index (χ2n) is 12.8. The average molecular weight is 529 g/mol. The lowest BCUT2D eigenvalue weighted by Crippen LogP contribution is -2.56. The van der Waals surface area contributed by atoms with E-state index in [1.165, 1.54) is 16.9 Å². The molecular formula is C30H44N2O4S. The summed E-state index contributed by atoms with van der Waals surface area (Å²) in [6, 6.07) is 5.51. The molecular weight excluding hydrogens is 484 g/mol. The summed E-state index contributed by atoms with van der Waals surface area (Å²) in [4.78, 5) is 35.1. The fraction of sp³-hybridized carbons (Fsp3) is 0.633. The number of carbonyl (C=O) groups is 2. The van der Waals surface area contributed by atoms with Crippen molar-refractivity contribution in [3.63, 3.8) is 0 Å². The summed E-state index contributed by atoms with van der Waals surface area (Å²) in [5.74, 6) is -0.466. The van der Waals surface area contributed by atoms with E-state index in [9.17, 15) is 9.59 Å². The first-order valence-corrected chi connectivity index (χ1v) is 14.1. The van der Waals surface area contributed by atoms with Gasteiger partial charge < -0.3 is 14.4 Å². The Kier molecular flexibility index (Phi) is 8.60. The van der Waals surface area contributed by atoms with E-state index in [4.69, 9.17) is 9.47 Å². The molecule has 1 amide bonds. The number of carbonyl (C=O) groups excluding carboxylic acids is 2. The van der Waals surface area contributed by atoms with E-state index in [0.29, 0.717) is 25.0 Å². The third-order valence-corrected chi connectivity index (χ3v) is 7.74. The number of hydrogen-bond donors (Lipinski definition) is 0. The minimum Gasteiger partial charge on any atom is -0.458 e. The number of methoxy groups -OCH3 is 1. The Bertz CT molecular complexity index is 1100. The minimum atomic E-state index is -1.13. The van der Waals surface area contributed by atoms with Gasteiger partial charge in [0.05, 0.1) is 12.6 Å². The van der Waals surface area contributed by atoms with Crippen LogP contribution in [0.25, 0.3) is 0 Å². The maximum Gasteiger partial charge on any atom is 0.332 e. The summed E-state index contributed by atoms with van der Waals surface area (Å²) in [6.45, 7) is 18.7. The van der Waals surface area contributed by atoms with Crippen molar-refractivity contribution in [2.45, 2.75) is 97.8 Å². The van der Waals surface area contributed by atoms with Crippen molar-refractivity contribution >= 4 is 23.2 Å². The number of hydrogen-bond acceptors (Lipinski definition) is 6. The van der Waals surface area contributed by atoms with Gasteiger partial charge in [0.25, 0.3) is 5.91 Å². The lowest BCUT2D eigenvalue weighted by Gasteiger charge is -2.41. The van der Waals surface area contributed by atoms with E-state index in [-0.39, 0.29) is 35.2 Å². The molecule has 3 rings (SSSR count). The maximum atomic E-state index is 14.5. The molecule has 37 heavy (non-hydrogen) atoms. The van der Waals surface area contributed by atoms with Crippen molar-refractivity contribution in [2.75, 3.05) is 13.7 Å². The standard InChI is InChI=1S/C30H44N2O4S/c1-19(2)16-30(27(34)36-29(7,8)9)17-22(18-35-10)24(25-31-13-14-37-25)32(30)26(33)21-11-12-23(20(3)15-21)28(4,5)6/h11-15,19,22,24H,16-18H2,1-10H3/t22-,24-,30+/m1/s1. The second-order valence-corrected chi connectivity index (χ2v) is 13.7. The Morgan fingerprint density at radius 3 is 2.35 bits per heavy atom. The van der Waals surface area contributed by atoms with Crippen molar-refractivity contribution in [1.29, 1.82) is 0 Å². The van der Waals surface area contributed by atoms with Crippen LogP contribution in [0.15, 0.2) is 29.8 Å². The largest absolute Gasteiger partial charge is 0.458 e. The minimum absolute atomic E-state index is 0.0375. The molecule has 0 saturated carbocycles. The van der Waals surface area contributed by atoms with Crippen LogP contribution in [-0.4, -0.2) is 46.6 Å². The van der Waals surface area contributed by atoms with Gasteiger partial charge in [0.2, 0.25) is 0 Å². The molecule has 0 spiro atoms. The topological polar surface area (TPSA) is 68.7 Å². The van der Waals surface area contributed by atoms with Crippen LogP contribution < -0.4 is 0 Å². The van der Waals surface area contributed by atoms with Crippen molar-refractivity contribution in [1.82, 2.24) is 9.88 Å². The Labute approximate surface area is 226 Å². The summed E-state index contributed by atoms with van der Waals surface area (Å²) in [6.07, 6.45) is 2.71. The van der Waals surface area contributed by atoms with Gasteiger partial charge in [-0.25, -0.2) is 9.78 Å². The van der Waals surface area contributed by atoms with Crippen LogP contribution in [0.2, 0.25) is 0 Å². The first-order valence-electron chi connectivity index (χ1n) is 13.2. The monoisotopic (exact) mass is 528 g/mol. The van der Waals surface area contributed by atoms with Crippen LogP contribution >= 0.6 is 11.3 Å². The van der Waals surface area contributed by atoms with Crippen molar-refractivity contribution in [3.8, 4) is 0 Å². The summed E-state index contributed by atoms with van der Waals surface area (Å²) < 4.78 is 11.7. The van der Waals surface area contributed by atoms with Gasteiger partial charge in [-0.2, -0.15) is 0 Å². The average Bonchev–Trinajstić information content (AvgIpc) is 3.37. The predicted molar refractivity (Wildman–Crippen MR) is 149 cm³/mol. The molecule has 1 aliphatic heterocycles. The number of amides is 1. The van der Waals surface area contributed by atoms with Crippen LogP contribution in [-0.2, 0) is 19.7 Å². The normalized spacial score (nSPS) is 22.5. The molecule has 1 aromatic carbocycles. The number of rotatable bonds is 7. The zero-order chi connectivity index (χ0) is 27.8. The Morgan fingerprint density at radius 2 is 1.86 bits per heavy atom. The smallest absolute Gasteiger partial charge is 0.332 e. The zero-order valence-corrected chi connectivity index (χ0v) is 25.0. The number of esters is 1. The van der Waals surface area contributed by atoms with Gasteiger partial charge in [-0.05, 0) is 75.1 Å². The van der Waals surface area contributed by atoms with Gasteiger partial charge in [-0.1, -0.05) is 40.7 Å². The first-order chi connectivity index (χ1) is 17.1. The van der Waals surface area contributed by atoms with E-state index in [0.717, 1.165) is 10.6 Å². The molecule has 0 aliphatic carbocycles. The van der Waals surface area contributed by atoms with E-state index >= 15 is 0 Å². The van der Waals surface area contributed by atoms with Crippen molar-refractivity contribution in [2.24, 2.45) is 11.8 Å². The number of aromatic nitrogens is 1. The lowest BCUT2D eigenvalue weighted by atomic mass is 9.82. The van der Waals surface area contributed by atoms with Gasteiger partial charge in [-0.3, -0.25) is 4.79 Å². The highest BCUT2D eigenvalue weighted by Crippen LogP contribution is 2.51. The summed E-state index contributed by atoms with van der Waals surface area (Å²) in [7, 11) is 1.66. The first kappa shape index (κ1) is 29.3. The van der Waals surface area contributed by atoms with E-state index in [1.54, 1.807) is 18.2 Å². The molecule has 2 aromatic rings. The molecule has 1 fully saturated rings. The van der Waals surface area contributed by atoms with Crippen LogP contribution in [0.1, 0.15) is 101 Å².